The van der Waals surface area contributed by atoms with Gasteiger partial charge in [-0.05, 0) is 92.0 Å². The van der Waals surface area contributed by atoms with Crippen LogP contribution in [-0.2, 0) is 35.9 Å². The summed E-state index contributed by atoms with van der Waals surface area (Å²) < 4.78 is 16.3. The van der Waals surface area contributed by atoms with E-state index >= 15 is 4.39 Å². The summed E-state index contributed by atoms with van der Waals surface area (Å²) in [4.78, 5) is 83.9. The number of piperidine rings is 2. The fourth-order valence-electron chi connectivity index (χ4n) is 11.8. The molecule has 6 amide bonds. The van der Waals surface area contributed by atoms with Gasteiger partial charge in [0.25, 0.3) is 5.91 Å². The molecule has 2 spiro atoms. The summed E-state index contributed by atoms with van der Waals surface area (Å²) in [6, 6.07) is 13.5. The van der Waals surface area contributed by atoms with Crippen LogP contribution in [-0.4, -0.2) is 82.0 Å². The van der Waals surface area contributed by atoms with Gasteiger partial charge in [0, 0.05) is 77.2 Å². The standard InChI is InChI=1S/C48H47Cl2FN6O6/c49-29-12-13-34-36(24-29)53-46(63)48(34)39(32-8-5-9-35(50)40(32)51)41(55-47(48)18-2-1-3-19-47)43(60)52-30-22-28(23-30)44(61)56-20-16-26(17-21-56)10-11-27-6-4-7-31-33(27)25-57(45(31)62)37-14-15-38(58)54-42(37)59/h4-9,12-13,24,26,28,30,37,39,41,55H,1-3,14-23,25H2,(H,52,60)(H,53,63)(H,54,58,59)/t28-,30-,37?,39-,41+,48+/m0/s1. The summed E-state index contributed by atoms with van der Waals surface area (Å²) in [5.41, 5.74) is 1.31. The largest absolute Gasteiger partial charge is 0.352 e. The molecule has 12 nitrogen and oxygen atoms in total. The minimum Gasteiger partial charge on any atom is -0.352 e. The number of hydrogen-bond acceptors (Lipinski definition) is 7. The fourth-order valence-corrected chi connectivity index (χ4v) is 12.2. The topological polar surface area (TPSA) is 157 Å². The molecule has 2 saturated carbocycles. The Bertz CT molecular complexity index is 2540. The molecule has 0 radical (unpaired) electrons. The highest BCUT2D eigenvalue weighted by Gasteiger charge is 2.72. The highest BCUT2D eigenvalue weighted by molar-refractivity contribution is 6.31. The molecule has 7 aliphatic rings. The van der Waals surface area contributed by atoms with Crippen molar-refractivity contribution in [3.63, 3.8) is 0 Å². The van der Waals surface area contributed by atoms with Crippen LogP contribution in [0.1, 0.15) is 109 Å². The summed E-state index contributed by atoms with van der Waals surface area (Å²) >= 11 is 12.8. The molecule has 2 aliphatic carbocycles. The first-order valence-corrected chi connectivity index (χ1v) is 22.8. The van der Waals surface area contributed by atoms with Gasteiger partial charge < -0.3 is 20.4 Å². The van der Waals surface area contributed by atoms with Gasteiger partial charge in [-0.15, -0.1) is 0 Å². The maximum absolute atomic E-state index is 16.3. The van der Waals surface area contributed by atoms with Crippen LogP contribution in [0, 0.1) is 29.5 Å². The van der Waals surface area contributed by atoms with Crippen molar-refractivity contribution in [2.75, 3.05) is 18.4 Å². The van der Waals surface area contributed by atoms with Gasteiger partial charge in [0.1, 0.15) is 17.3 Å². The number of carbonyl (C=O) groups is 6. The smallest absolute Gasteiger partial charge is 0.255 e. The lowest BCUT2D eigenvalue weighted by Crippen LogP contribution is -2.60. The number of nitrogens with one attached hydrogen (secondary N) is 4. The molecule has 63 heavy (non-hydrogen) atoms. The molecule has 3 aromatic carbocycles. The van der Waals surface area contributed by atoms with Gasteiger partial charge in [0.05, 0.1) is 11.1 Å². The number of anilines is 1. The van der Waals surface area contributed by atoms with Crippen LogP contribution in [0.4, 0.5) is 10.1 Å². The van der Waals surface area contributed by atoms with E-state index in [0.717, 1.165) is 30.4 Å². The molecule has 326 valence electrons. The second-order valence-electron chi connectivity index (χ2n) is 18.3. The minimum atomic E-state index is -1.32. The Morgan fingerprint density at radius 2 is 1.67 bits per heavy atom. The first-order valence-electron chi connectivity index (χ1n) is 22.1. The lowest BCUT2D eigenvalue weighted by atomic mass is 9.55. The van der Waals surface area contributed by atoms with Crippen molar-refractivity contribution in [3.05, 3.63) is 98.3 Å². The third-order valence-corrected chi connectivity index (χ3v) is 15.5. The number of fused-ring (bicyclic) bond motifs is 4. The van der Waals surface area contributed by atoms with E-state index in [2.05, 4.69) is 33.1 Å². The summed E-state index contributed by atoms with van der Waals surface area (Å²) in [5.74, 6) is 3.27. The number of nitrogens with zero attached hydrogens (tertiary/aromatic N) is 2. The van der Waals surface area contributed by atoms with Crippen molar-refractivity contribution in [1.29, 1.82) is 0 Å². The van der Waals surface area contributed by atoms with Crippen LogP contribution in [0.25, 0.3) is 0 Å². The summed E-state index contributed by atoms with van der Waals surface area (Å²) in [7, 11) is 0. The Labute approximate surface area is 374 Å². The lowest BCUT2D eigenvalue weighted by Gasteiger charge is -2.47. The third kappa shape index (κ3) is 6.82. The summed E-state index contributed by atoms with van der Waals surface area (Å²) in [6.45, 7) is 1.36. The number of amides is 6. The Balaban J connectivity index is 0.798. The van der Waals surface area contributed by atoms with Crippen molar-refractivity contribution in [3.8, 4) is 11.8 Å². The highest BCUT2D eigenvalue weighted by Crippen LogP contribution is 2.63. The fraction of sp³-hybridized carbons (Fsp3) is 0.458. The monoisotopic (exact) mass is 892 g/mol. The van der Waals surface area contributed by atoms with Crippen LogP contribution < -0.4 is 21.3 Å². The van der Waals surface area contributed by atoms with E-state index in [0.29, 0.717) is 79.9 Å². The lowest BCUT2D eigenvalue weighted by molar-refractivity contribution is -0.141. The average Bonchev–Trinajstić information content (AvgIpc) is 3.86. The van der Waals surface area contributed by atoms with Crippen molar-refractivity contribution in [2.24, 2.45) is 11.8 Å². The number of benzene rings is 3. The highest BCUT2D eigenvalue weighted by atomic mass is 35.5. The van der Waals surface area contributed by atoms with E-state index in [4.69, 9.17) is 23.2 Å². The molecule has 1 unspecified atom stereocenters. The molecule has 15 heteroatoms. The average molecular weight is 894 g/mol. The van der Waals surface area contributed by atoms with Gasteiger partial charge in [-0.2, -0.15) is 0 Å². The molecule has 3 aromatic rings. The molecule has 10 rings (SSSR count). The summed E-state index contributed by atoms with van der Waals surface area (Å²) in [6.07, 6.45) is 6.71. The second kappa shape index (κ2) is 16.1. The zero-order chi connectivity index (χ0) is 43.8. The molecule has 0 bridgehead atoms. The summed E-state index contributed by atoms with van der Waals surface area (Å²) in [5, 5.41) is 12.6. The van der Waals surface area contributed by atoms with Gasteiger partial charge >= 0.3 is 0 Å². The number of halogens is 3. The third-order valence-electron chi connectivity index (χ3n) is 14.9. The second-order valence-corrected chi connectivity index (χ2v) is 19.2. The molecular weight excluding hydrogens is 846 g/mol. The predicted molar refractivity (Wildman–Crippen MR) is 232 cm³/mol. The first-order chi connectivity index (χ1) is 30.4. The van der Waals surface area contributed by atoms with Crippen molar-refractivity contribution < 1.29 is 33.2 Å². The van der Waals surface area contributed by atoms with Crippen LogP contribution >= 0.6 is 23.2 Å². The van der Waals surface area contributed by atoms with Gasteiger partial charge in [-0.1, -0.05) is 78.6 Å². The van der Waals surface area contributed by atoms with E-state index in [-0.39, 0.29) is 71.0 Å². The van der Waals surface area contributed by atoms with E-state index in [1.807, 2.05) is 17.0 Å². The minimum absolute atomic E-state index is 0.0516. The van der Waals surface area contributed by atoms with E-state index in [1.54, 1.807) is 36.4 Å². The van der Waals surface area contributed by atoms with E-state index in [1.165, 1.54) is 11.0 Å². The van der Waals surface area contributed by atoms with Crippen molar-refractivity contribution in [2.45, 2.75) is 112 Å². The Morgan fingerprint density at radius 1 is 0.905 bits per heavy atom. The molecular formula is C48H47Cl2FN6O6. The van der Waals surface area contributed by atoms with Crippen molar-refractivity contribution >= 4 is 64.3 Å². The number of rotatable bonds is 5. The van der Waals surface area contributed by atoms with Gasteiger partial charge in [-0.25, -0.2) is 4.39 Å². The molecule has 3 saturated heterocycles. The maximum atomic E-state index is 16.3. The Kier molecular flexibility index (Phi) is 10.6. The van der Waals surface area contributed by atoms with Gasteiger partial charge in [0.2, 0.25) is 29.5 Å². The Morgan fingerprint density at radius 3 is 2.43 bits per heavy atom. The predicted octanol–water partition coefficient (Wildman–Crippen LogP) is 5.73. The number of likely N-dealkylation sites (tertiary alicyclic amines) is 1. The first kappa shape index (κ1) is 41.7. The van der Waals surface area contributed by atoms with Gasteiger partial charge in [-0.3, -0.25) is 39.4 Å². The molecule has 5 aliphatic heterocycles. The normalized spacial score (nSPS) is 28.5. The van der Waals surface area contributed by atoms with E-state index < -0.39 is 40.7 Å². The molecule has 4 N–H and O–H groups in total. The van der Waals surface area contributed by atoms with Crippen molar-refractivity contribution in [1.82, 2.24) is 25.8 Å². The molecule has 4 atom stereocenters. The van der Waals surface area contributed by atoms with E-state index in [9.17, 15) is 28.8 Å². The zero-order valence-electron chi connectivity index (χ0n) is 34.5. The Hall–Kier alpha value is -5.29. The SMILES string of the molecule is O=C1CCC(N2Cc3c(C#CC4CCN(C(=O)[C@H]5C[C@H](NC(=O)[C@@H]6NC7(CCCCC7)[C@@]7(C(=O)Nc8cc(Cl)ccc87)[C@H]6c6cccc(Cl)c6F)C5)CC4)cccc3C2=O)C(=O)N1. The number of imide groups is 1. The zero-order valence-corrected chi connectivity index (χ0v) is 36.0. The molecule has 5 fully saturated rings. The molecule has 0 aromatic heterocycles. The van der Waals surface area contributed by atoms with Crippen LogP contribution in [0.2, 0.25) is 10.0 Å². The quantitative estimate of drug-likeness (QED) is 0.189. The number of hydrogen-bond donors (Lipinski definition) is 4. The number of carbonyl (C=O) groups excluding carboxylic acids is 6. The van der Waals surface area contributed by atoms with Crippen LogP contribution in [0.15, 0.2) is 54.6 Å². The molecule has 5 heterocycles. The maximum Gasteiger partial charge on any atom is 0.255 e. The van der Waals surface area contributed by atoms with Crippen LogP contribution in [0.3, 0.4) is 0 Å². The van der Waals surface area contributed by atoms with Crippen LogP contribution in [0.5, 0.6) is 0 Å². The van der Waals surface area contributed by atoms with Gasteiger partial charge in [0.15, 0.2) is 0 Å².